The maximum atomic E-state index is 12.5. The smallest absolute Gasteiger partial charge is 0.262 e. The fourth-order valence-corrected chi connectivity index (χ4v) is 4.23. The minimum absolute atomic E-state index is 0.325. The lowest BCUT2D eigenvalue weighted by Crippen LogP contribution is -2.45. The SMILES string of the molecule is C[C@H](C(=O)Nc1nc(-c2cccs2)cs1)N1C(=O)c2ccccc2C1=O. The zero-order valence-electron chi connectivity index (χ0n) is 13.6. The molecule has 2 aromatic heterocycles. The summed E-state index contributed by atoms with van der Waals surface area (Å²) in [5.74, 6) is -1.36. The van der Waals surface area contributed by atoms with Crippen LogP contribution in [0.1, 0.15) is 27.6 Å². The highest BCUT2D eigenvalue weighted by Crippen LogP contribution is 2.29. The normalized spacial score (nSPS) is 14.4. The third-order valence-electron chi connectivity index (χ3n) is 4.10. The molecular formula is C18H13N3O3S2. The highest BCUT2D eigenvalue weighted by molar-refractivity contribution is 7.16. The number of hydrogen-bond donors (Lipinski definition) is 1. The van der Waals surface area contributed by atoms with E-state index >= 15 is 0 Å². The molecule has 1 aliphatic heterocycles. The van der Waals surface area contributed by atoms with Crippen LogP contribution in [0.2, 0.25) is 0 Å². The molecule has 0 spiro atoms. The Morgan fingerprint density at radius 3 is 2.38 bits per heavy atom. The second-order valence-corrected chi connectivity index (χ2v) is 7.51. The molecule has 0 aliphatic carbocycles. The van der Waals surface area contributed by atoms with Gasteiger partial charge in [0.05, 0.1) is 21.7 Å². The number of rotatable bonds is 4. The molecule has 0 saturated heterocycles. The molecule has 0 bridgehead atoms. The second kappa shape index (κ2) is 6.47. The molecule has 26 heavy (non-hydrogen) atoms. The Labute approximate surface area is 157 Å². The molecule has 4 rings (SSSR count). The molecule has 3 amide bonds. The quantitative estimate of drug-likeness (QED) is 0.700. The van der Waals surface area contributed by atoms with Crippen molar-refractivity contribution in [3.63, 3.8) is 0 Å². The lowest BCUT2D eigenvalue weighted by Gasteiger charge is -2.21. The first kappa shape index (κ1) is 16.6. The minimum atomic E-state index is -0.934. The van der Waals surface area contributed by atoms with Gasteiger partial charge in [-0.25, -0.2) is 4.98 Å². The van der Waals surface area contributed by atoms with Gasteiger partial charge in [0.1, 0.15) is 6.04 Å². The molecule has 8 heteroatoms. The first-order valence-electron chi connectivity index (χ1n) is 7.83. The van der Waals surface area contributed by atoms with Gasteiger partial charge in [-0.1, -0.05) is 18.2 Å². The standard InChI is InChI=1S/C18H13N3O3S2/c1-10(21-16(23)11-5-2-3-6-12(11)17(21)24)15(22)20-18-19-13(9-26-18)14-7-4-8-25-14/h2-10H,1H3,(H,19,20,22)/t10-/m1/s1. The topological polar surface area (TPSA) is 79.4 Å². The Hall–Kier alpha value is -2.84. The van der Waals surface area contributed by atoms with Crippen molar-refractivity contribution in [1.82, 2.24) is 9.88 Å². The van der Waals surface area contributed by atoms with Gasteiger partial charge in [0.2, 0.25) is 5.91 Å². The second-order valence-electron chi connectivity index (χ2n) is 5.71. The highest BCUT2D eigenvalue weighted by Gasteiger charge is 2.40. The molecule has 1 aliphatic rings. The van der Waals surface area contributed by atoms with E-state index in [1.165, 1.54) is 18.3 Å². The number of fused-ring (bicyclic) bond motifs is 1. The highest BCUT2D eigenvalue weighted by atomic mass is 32.1. The van der Waals surface area contributed by atoms with Gasteiger partial charge in [0.15, 0.2) is 5.13 Å². The molecule has 3 heterocycles. The Morgan fingerprint density at radius 2 is 1.77 bits per heavy atom. The van der Waals surface area contributed by atoms with Crippen LogP contribution in [0.15, 0.2) is 47.2 Å². The summed E-state index contributed by atoms with van der Waals surface area (Å²) >= 11 is 2.86. The molecule has 0 fully saturated rings. The Kier molecular flexibility index (Phi) is 4.14. The largest absolute Gasteiger partial charge is 0.300 e. The molecule has 0 radical (unpaired) electrons. The minimum Gasteiger partial charge on any atom is -0.300 e. The maximum absolute atomic E-state index is 12.5. The Balaban J connectivity index is 1.51. The van der Waals surface area contributed by atoms with Gasteiger partial charge < -0.3 is 5.32 Å². The number of benzene rings is 1. The number of carbonyl (C=O) groups is 3. The first-order chi connectivity index (χ1) is 12.6. The predicted octanol–water partition coefficient (Wildman–Crippen LogP) is 3.49. The summed E-state index contributed by atoms with van der Waals surface area (Å²) in [4.78, 5) is 43.9. The zero-order chi connectivity index (χ0) is 18.3. The number of anilines is 1. The monoisotopic (exact) mass is 383 g/mol. The van der Waals surface area contributed by atoms with Crippen molar-refractivity contribution in [2.75, 3.05) is 5.32 Å². The van der Waals surface area contributed by atoms with E-state index in [1.807, 2.05) is 22.9 Å². The summed E-state index contributed by atoms with van der Waals surface area (Å²) in [5, 5.41) is 6.94. The van der Waals surface area contributed by atoms with Crippen molar-refractivity contribution in [3.05, 3.63) is 58.3 Å². The van der Waals surface area contributed by atoms with Gasteiger partial charge in [0, 0.05) is 5.38 Å². The number of nitrogens with one attached hydrogen (secondary N) is 1. The van der Waals surface area contributed by atoms with E-state index in [0.717, 1.165) is 15.5 Å². The fourth-order valence-electron chi connectivity index (χ4n) is 2.76. The average molecular weight is 383 g/mol. The zero-order valence-corrected chi connectivity index (χ0v) is 15.3. The summed E-state index contributed by atoms with van der Waals surface area (Å²) in [6.45, 7) is 1.53. The van der Waals surface area contributed by atoms with Gasteiger partial charge in [-0.05, 0) is 30.5 Å². The number of amides is 3. The number of carbonyl (C=O) groups excluding carboxylic acids is 3. The van der Waals surface area contributed by atoms with Crippen LogP contribution in [0.5, 0.6) is 0 Å². The van der Waals surface area contributed by atoms with E-state index in [2.05, 4.69) is 10.3 Å². The van der Waals surface area contributed by atoms with Crippen LogP contribution in [0.25, 0.3) is 10.6 Å². The van der Waals surface area contributed by atoms with Crippen LogP contribution in [0.4, 0.5) is 5.13 Å². The van der Waals surface area contributed by atoms with Crippen LogP contribution in [-0.2, 0) is 4.79 Å². The van der Waals surface area contributed by atoms with Crippen LogP contribution in [-0.4, -0.2) is 33.6 Å². The van der Waals surface area contributed by atoms with E-state index in [9.17, 15) is 14.4 Å². The number of thiazole rings is 1. The van der Waals surface area contributed by atoms with Crippen LogP contribution in [0, 0.1) is 0 Å². The number of aromatic nitrogens is 1. The summed E-state index contributed by atoms with van der Waals surface area (Å²) < 4.78 is 0. The maximum Gasteiger partial charge on any atom is 0.262 e. The molecule has 1 N–H and O–H groups in total. The lowest BCUT2D eigenvalue weighted by molar-refractivity contribution is -0.119. The van der Waals surface area contributed by atoms with E-state index in [0.29, 0.717) is 16.3 Å². The van der Waals surface area contributed by atoms with Crippen LogP contribution in [0.3, 0.4) is 0 Å². The molecule has 1 aromatic carbocycles. The molecule has 0 unspecified atom stereocenters. The fraction of sp³-hybridized carbons (Fsp3) is 0.111. The summed E-state index contributed by atoms with van der Waals surface area (Å²) in [5.41, 5.74) is 1.44. The van der Waals surface area contributed by atoms with Crippen molar-refractivity contribution in [1.29, 1.82) is 0 Å². The van der Waals surface area contributed by atoms with Gasteiger partial charge in [-0.3, -0.25) is 19.3 Å². The van der Waals surface area contributed by atoms with E-state index in [4.69, 9.17) is 0 Å². The van der Waals surface area contributed by atoms with Crippen molar-refractivity contribution in [3.8, 4) is 10.6 Å². The number of thiophene rings is 1. The van der Waals surface area contributed by atoms with Crippen molar-refractivity contribution < 1.29 is 14.4 Å². The lowest BCUT2D eigenvalue weighted by atomic mass is 10.1. The molecule has 1 atom stereocenters. The van der Waals surface area contributed by atoms with Crippen molar-refractivity contribution >= 4 is 45.5 Å². The Bertz CT molecular complexity index is 975. The average Bonchev–Trinajstić information content (AvgIpc) is 3.36. The van der Waals surface area contributed by atoms with Gasteiger partial charge in [0.25, 0.3) is 11.8 Å². The molecule has 6 nitrogen and oxygen atoms in total. The van der Waals surface area contributed by atoms with E-state index < -0.39 is 23.8 Å². The van der Waals surface area contributed by atoms with Gasteiger partial charge in [-0.15, -0.1) is 22.7 Å². The van der Waals surface area contributed by atoms with E-state index in [1.54, 1.807) is 35.6 Å². The molecule has 130 valence electrons. The number of imide groups is 1. The number of hydrogen-bond acceptors (Lipinski definition) is 6. The third-order valence-corrected chi connectivity index (χ3v) is 5.75. The van der Waals surface area contributed by atoms with E-state index in [-0.39, 0.29) is 0 Å². The third kappa shape index (κ3) is 2.73. The number of nitrogens with zero attached hydrogens (tertiary/aromatic N) is 2. The summed E-state index contributed by atoms with van der Waals surface area (Å²) in [6, 6.07) is 9.52. The Morgan fingerprint density at radius 1 is 1.08 bits per heavy atom. The summed E-state index contributed by atoms with van der Waals surface area (Å²) in [7, 11) is 0. The van der Waals surface area contributed by atoms with Crippen molar-refractivity contribution in [2.24, 2.45) is 0 Å². The van der Waals surface area contributed by atoms with Crippen LogP contribution < -0.4 is 5.32 Å². The molecular weight excluding hydrogens is 370 g/mol. The molecule has 0 saturated carbocycles. The summed E-state index contributed by atoms with van der Waals surface area (Å²) in [6.07, 6.45) is 0. The van der Waals surface area contributed by atoms with Gasteiger partial charge >= 0.3 is 0 Å². The molecule has 3 aromatic rings. The van der Waals surface area contributed by atoms with Gasteiger partial charge in [-0.2, -0.15) is 0 Å². The predicted molar refractivity (Wildman–Crippen MR) is 100 cm³/mol. The first-order valence-corrected chi connectivity index (χ1v) is 9.59. The van der Waals surface area contributed by atoms with Crippen LogP contribution >= 0.6 is 22.7 Å². The van der Waals surface area contributed by atoms with Crippen molar-refractivity contribution in [2.45, 2.75) is 13.0 Å².